The van der Waals surface area contributed by atoms with Crippen molar-refractivity contribution in [3.8, 4) is 11.6 Å². The number of aromatic nitrogens is 1. The molecule has 2 aromatic rings. The van der Waals surface area contributed by atoms with Crippen molar-refractivity contribution in [2.45, 2.75) is 25.4 Å². The molecule has 0 bridgehead atoms. The first kappa shape index (κ1) is 13.7. The highest BCUT2D eigenvalue weighted by Crippen LogP contribution is 2.32. The predicted octanol–water partition coefficient (Wildman–Crippen LogP) is 4.43. The molecule has 3 rings (SSSR count). The van der Waals surface area contributed by atoms with E-state index in [4.69, 9.17) is 27.9 Å². The van der Waals surface area contributed by atoms with E-state index in [-0.39, 0.29) is 0 Å². The molecular weight excluding hydrogens is 295 g/mol. The van der Waals surface area contributed by atoms with Crippen LogP contribution in [-0.2, 0) is 6.54 Å². The number of halogens is 2. The van der Waals surface area contributed by atoms with Gasteiger partial charge in [-0.3, -0.25) is 0 Å². The predicted molar refractivity (Wildman–Crippen MR) is 80.6 cm³/mol. The Bertz CT molecular complexity index is 615. The molecule has 3 nitrogen and oxygen atoms in total. The Morgan fingerprint density at radius 2 is 2.10 bits per heavy atom. The number of rotatable bonds is 5. The molecule has 1 aliphatic rings. The molecule has 1 aromatic heterocycles. The maximum absolute atomic E-state index is 6.12. The molecule has 5 heteroatoms. The lowest BCUT2D eigenvalue weighted by Crippen LogP contribution is -2.16. The largest absolute Gasteiger partial charge is 0.437 e. The Morgan fingerprint density at radius 3 is 2.85 bits per heavy atom. The van der Waals surface area contributed by atoms with Gasteiger partial charge in [0.25, 0.3) is 0 Å². The molecule has 1 aromatic carbocycles. The molecule has 1 fully saturated rings. The van der Waals surface area contributed by atoms with E-state index in [1.807, 2.05) is 12.1 Å². The maximum atomic E-state index is 6.12. The summed E-state index contributed by atoms with van der Waals surface area (Å²) in [7, 11) is 0. The van der Waals surface area contributed by atoms with Gasteiger partial charge < -0.3 is 10.1 Å². The fourth-order valence-corrected chi connectivity index (χ4v) is 2.30. The lowest BCUT2D eigenvalue weighted by Gasteiger charge is -2.11. The van der Waals surface area contributed by atoms with Crippen LogP contribution in [0, 0.1) is 0 Å². The van der Waals surface area contributed by atoms with Gasteiger partial charge in [0, 0.05) is 29.4 Å². The molecule has 1 saturated carbocycles. The van der Waals surface area contributed by atoms with Gasteiger partial charge in [-0.15, -0.1) is 0 Å². The highest BCUT2D eigenvalue weighted by molar-refractivity contribution is 6.35. The Hall–Kier alpha value is -1.29. The van der Waals surface area contributed by atoms with Crippen molar-refractivity contribution >= 4 is 23.2 Å². The molecule has 0 unspecified atom stereocenters. The van der Waals surface area contributed by atoms with Gasteiger partial charge in [0.2, 0.25) is 5.88 Å². The average Bonchev–Trinajstić information content (AvgIpc) is 3.25. The Labute approximate surface area is 127 Å². The average molecular weight is 309 g/mol. The van der Waals surface area contributed by atoms with Crippen molar-refractivity contribution in [3.05, 3.63) is 52.1 Å². The van der Waals surface area contributed by atoms with E-state index < -0.39 is 0 Å². The van der Waals surface area contributed by atoms with Gasteiger partial charge in [0.05, 0.1) is 5.02 Å². The van der Waals surface area contributed by atoms with Crippen molar-refractivity contribution in [3.63, 3.8) is 0 Å². The van der Waals surface area contributed by atoms with E-state index in [1.165, 1.54) is 12.8 Å². The third kappa shape index (κ3) is 3.42. The molecule has 20 heavy (non-hydrogen) atoms. The molecule has 0 radical (unpaired) electrons. The quantitative estimate of drug-likeness (QED) is 0.887. The van der Waals surface area contributed by atoms with Crippen LogP contribution in [-0.4, -0.2) is 11.0 Å². The lowest BCUT2D eigenvalue weighted by atomic mass is 10.2. The summed E-state index contributed by atoms with van der Waals surface area (Å²) in [6.45, 7) is 0.749. The van der Waals surface area contributed by atoms with Crippen LogP contribution in [0.25, 0.3) is 0 Å². The van der Waals surface area contributed by atoms with Crippen LogP contribution < -0.4 is 10.1 Å². The van der Waals surface area contributed by atoms with Crippen LogP contribution in [0.2, 0.25) is 10.0 Å². The van der Waals surface area contributed by atoms with Crippen LogP contribution in [0.1, 0.15) is 18.4 Å². The van der Waals surface area contributed by atoms with E-state index >= 15 is 0 Å². The molecule has 0 amide bonds. The fraction of sp³-hybridized carbons (Fsp3) is 0.267. The van der Waals surface area contributed by atoms with Crippen LogP contribution >= 0.6 is 23.2 Å². The van der Waals surface area contributed by atoms with Crippen LogP contribution in [0.5, 0.6) is 11.6 Å². The number of hydrogen-bond acceptors (Lipinski definition) is 3. The molecule has 0 aliphatic heterocycles. The third-order valence-corrected chi connectivity index (χ3v) is 3.64. The molecule has 1 heterocycles. The second kappa shape index (κ2) is 6.00. The molecule has 0 atom stereocenters. The second-order valence-electron chi connectivity index (χ2n) is 4.80. The summed E-state index contributed by atoms with van der Waals surface area (Å²) in [5.74, 6) is 1.13. The molecule has 0 spiro atoms. The topological polar surface area (TPSA) is 34.1 Å². The summed E-state index contributed by atoms with van der Waals surface area (Å²) in [5, 5.41) is 4.51. The summed E-state index contributed by atoms with van der Waals surface area (Å²) in [5.41, 5.74) is 1.02. The monoisotopic (exact) mass is 308 g/mol. The van der Waals surface area contributed by atoms with Gasteiger partial charge in [-0.2, -0.15) is 0 Å². The SMILES string of the molecule is Clc1ccc(Oc2ncccc2CNC2CC2)c(Cl)c1. The van der Waals surface area contributed by atoms with Crippen molar-refractivity contribution in [1.29, 1.82) is 0 Å². The van der Waals surface area contributed by atoms with E-state index in [1.54, 1.807) is 24.4 Å². The van der Waals surface area contributed by atoms with Gasteiger partial charge in [-0.25, -0.2) is 4.98 Å². The molecular formula is C15H14Cl2N2O. The Balaban J connectivity index is 1.78. The van der Waals surface area contributed by atoms with Gasteiger partial charge >= 0.3 is 0 Å². The Kier molecular flexibility index (Phi) is 4.10. The van der Waals surface area contributed by atoms with E-state index in [2.05, 4.69) is 10.3 Å². The molecule has 104 valence electrons. The zero-order valence-electron chi connectivity index (χ0n) is 10.8. The third-order valence-electron chi connectivity index (χ3n) is 3.11. The summed E-state index contributed by atoms with van der Waals surface area (Å²) >= 11 is 12.0. The Morgan fingerprint density at radius 1 is 1.25 bits per heavy atom. The minimum atomic E-state index is 0.476. The first-order valence-corrected chi connectivity index (χ1v) is 7.28. The van der Waals surface area contributed by atoms with Gasteiger partial charge in [-0.1, -0.05) is 29.3 Å². The first-order chi connectivity index (χ1) is 9.72. The fourth-order valence-electron chi connectivity index (χ4n) is 1.85. The second-order valence-corrected chi connectivity index (χ2v) is 5.64. The number of ether oxygens (including phenoxy) is 1. The molecule has 1 aliphatic carbocycles. The van der Waals surface area contributed by atoms with Crippen molar-refractivity contribution in [1.82, 2.24) is 10.3 Å². The number of nitrogens with one attached hydrogen (secondary N) is 1. The van der Waals surface area contributed by atoms with Gasteiger partial charge in [0.1, 0.15) is 5.75 Å². The van der Waals surface area contributed by atoms with Crippen LogP contribution in [0.3, 0.4) is 0 Å². The van der Waals surface area contributed by atoms with Crippen LogP contribution in [0.4, 0.5) is 0 Å². The normalized spacial score (nSPS) is 14.3. The van der Waals surface area contributed by atoms with Gasteiger partial charge in [-0.05, 0) is 37.1 Å². The van der Waals surface area contributed by atoms with Crippen molar-refractivity contribution in [2.24, 2.45) is 0 Å². The number of benzene rings is 1. The zero-order chi connectivity index (χ0) is 13.9. The summed E-state index contributed by atoms with van der Waals surface area (Å²) in [6.07, 6.45) is 4.21. The molecule has 1 N–H and O–H groups in total. The minimum Gasteiger partial charge on any atom is -0.437 e. The number of pyridine rings is 1. The summed E-state index contributed by atoms with van der Waals surface area (Å²) in [6, 6.07) is 9.69. The molecule has 0 saturated heterocycles. The van der Waals surface area contributed by atoms with E-state index in [9.17, 15) is 0 Å². The summed E-state index contributed by atoms with van der Waals surface area (Å²) < 4.78 is 5.81. The first-order valence-electron chi connectivity index (χ1n) is 6.52. The number of hydrogen-bond donors (Lipinski definition) is 1. The standard InChI is InChI=1S/C15H14Cl2N2O/c16-11-3-6-14(13(17)8-11)20-15-10(2-1-7-18-15)9-19-12-4-5-12/h1-3,6-8,12,19H,4-5,9H2. The zero-order valence-corrected chi connectivity index (χ0v) is 12.3. The van der Waals surface area contributed by atoms with Crippen molar-refractivity contribution < 1.29 is 4.74 Å². The maximum Gasteiger partial charge on any atom is 0.223 e. The number of nitrogens with zero attached hydrogens (tertiary/aromatic N) is 1. The van der Waals surface area contributed by atoms with Crippen LogP contribution in [0.15, 0.2) is 36.5 Å². The van der Waals surface area contributed by atoms with Crippen molar-refractivity contribution in [2.75, 3.05) is 0 Å². The highest BCUT2D eigenvalue weighted by atomic mass is 35.5. The van der Waals surface area contributed by atoms with E-state index in [0.717, 1.165) is 12.1 Å². The van der Waals surface area contributed by atoms with E-state index in [0.29, 0.717) is 27.7 Å². The highest BCUT2D eigenvalue weighted by Gasteiger charge is 2.21. The van der Waals surface area contributed by atoms with Gasteiger partial charge in [0.15, 0.2) is 0 Å². The lowest BCUT2D eigenvalue weighted by molar-refractivity contribution is 0.453. The minimum absolute atomic E-state index is 0.476. The summed E-state index contributed by atoms with van der Waals surface area (Å²) in [4.78, 5) is 4.28. The smallest absolute Gasteiger partial charge is 0.223 e.